The lowest BCUT2D eigenvalue weighted by Crippen LogP contribution is -2.39. The van der Waals surface area contributed by atoms with Gasteiger partial charge in [0.15, 0.2) is 5.82 Å². The second kappa shape index (κ2) is 6.41. The summed E-state index contributed by atoms with van der Waals surface area (Å²) in [7, 11) is 0. The lowest BCUT2D eigenvalue weighted by molar-refractivity contribution is 0.0592. The van der Waals surface area contributed by atoms with Crippen LogP contribution in [0.15, 0.2) is 28.8 Å². The van der Waals surface area contributed by atoms with Gasteiger partial charge in [0, 0.05) is 12.5 Å². The number of carbonyl (C=O) groups excluding carboxylic acids is 1. The molecule has 3 fully saturated rings. The van der Waals surface area contributed by atoms with Crippen molar-refractivity contribution < 1.29 is 14.1 Å². The Balaban J connectivity index is 1.41. The van der Waals surface area contributed by atoms with Crippen molar-refractivity contribution in [3.63, 3.8) is 0 Å². The maximum Gasteiger partial charge on any atom is 0.258 e. The Morgan fingerprint density at radius 1 is 1.12 bits per heavy atom. The number of hydrogen-bond donors (Lipinski definition) is 0. The van der Waals surface area contributed by atoms with Crippen molar-refractivity contribution in [1.82, 2.24) is 15.0 Å². The van der Waals surface area contributed by atoms with Gasteiger partial charge in [-0.05, 0) is 57.1 Å². The van der Waals surface area contributed by atoms with E-state index < -0.39 is 0 Å². The number of likely N-dealkylation sites (tertiary alicyclic amines) is 1. The third-order valence-electron chi connectivity index (χ3n) is 5.38. The Morgan fingerprint density at radius 2 is 1.96 bits per heavy atom. The highest BCUT2D eigenvalue weighted by Gasteiger charge is 2.36. The topological polar surface area (TPSA) is 68.5 Å². The first-order valence-electron chi connectivity index (χ1n) is 9.70. The number of benzene rings is 1. The van der Waals surface area contributed by atoms with E-state index in [1.807, 2.05) is 29.2 Å². The van der Waals surface area contributed by atoms with Gasteiger partial charge in [-0.15, -0.1) is 0 Å². The predicted octanol–water partition coefficient (Wildman–Crippen LogP) is 3.86. The molecule has 2 heterocycles. The van der Waals surface area contributed by atoms with E-state index in [0.29, 0.717) is 29.6 Å². The monoisotopic (exact) mass is 353 g/mol. The van der Waals surface area contributed by atoms with Gasteiger partial charge in [-0.2, -0.15) is 4.98 Å². The summed E-state index contributed by atoms with van der Waals surface area (Å²) in [5, 5.41) is 4.20. The van der Waals surface area contributed by atoms with Crippen molar-refractivity contribution in [2.45, 2.75) is 63.0 Å². The Kier molecular flexibility index (Phi) is 3.91. The highest BCUT2D eigenvalue weighted by atomic mass is 16.5. The normalized spacial score (nSPS) is 23.1. The molecule has 1 amide bonds. The first kappa shape index (κ1) is 15.9. The average Bonchev–Trinajstić information content (AvgIpc) is 3.62. The smallest absolute Gasteiger partial charge is 0.258 e. The van der Waals surface area contributed by atoms with Crippen LogP contribution in [0.4, 0.5) is 0 Å². The lowest BCUT2D eigenvalue weighted by Gasteiger charge is -2.34. The minimum absolute atomic E-state index is 0.00345. The zero-order chi connectivity index (χ0) is 17.5. The van der Waals surface area contributed by atoms with Gasteiger partial charge in [-0.3, -0.25) is 4.79 Å². The minimum atomic E-state index is -0.110. The summed E-state index contributed by atoms with van der Waals surface area (Å²) in [4.78, 5) is 19.8. The third-order valence-corrected chi connectivity index (χ3v) is 5.38. The summed E-state index contributed by atoms with van der Waals surface area (Å²) in [6.07, 6.45) is 7.61. The van der Waals surface area contributed by atoms with E-state index in [1.165, 1.54) is 0 Å². The van der Waals surface area contributed by atoms with E-state index in [1.54, 1.807) is 0 Å². The Bertz CT molecular complexity index is 810. The zero-order valence-corrected chi connectivity index (χ0v) is 14.8. The molecule has 1 aromatic heterocycles. The fourth-order valence-corrected chi connectivity index (χ4v) is 3.59. The van der Waals surface area contributed by atoms with Crippen LogP contribution in [0.2, 0.25) is 0 Å². The quantitative estimate of drug-likeness (QED) is 0.816. The number of para-hydroxylation sites is 1. The number of nitrogens with zero attached hydrogens (tertiary/aromatic N) is 3. The predicted molar refractivity (Wildman–Crippen MR) is 94.0 cm³/mol. The average molecular weight is 353 g/mol. The number of piperidine rings is 1. The number of ether oxygens (including phenoxy) is 1. The van der Waals surface area contributed by atoms with Crippen LogP contribution in [0, 0.1) is 0 Å². The molecule has 5 rings (SSSR count). The molecule has 3 aliphatic rings. The van der Waals surface area contributed by atoms with E-state index in [-0.39, 0.29) is 18.1 Å². The molecule has 0 radical (unpaired) electrons. The van der Waals surface area contributed by atoms with Gasteiger partial charge in [0.05, 0.1) is 17.7 Å². The van der Waals surface area contributed by atoms with E-state index in [2.05, 4.69) is 10.1 Å². The highest BCUT2D eigenvalue weighted by molar-refractivity contribution is 5.97. The molecule has 136 valence electrons. The number of rotatable bonds is 5. The molecule has 1 aromatic carbocycles. The summed E-state index contributed by atoms with van der Waals surface area (Å²) in [5.74, 6) is 2.51. The third kappa shape index (κ3) is 3.08. The van der Waals surface area contributed by atoms with Crippen LogP contribution < -0.4 is 4.74 Å². The van der Waals surface area contributed by atoms with Crippen LogP contribution in [-0.2, 0) is 0 Å². The molecule has 1 atom stereocenters. The summed E-state index contributed by atoms with van der Waals surface area (Å²) >= 11 is 0. The second-order valence-corrected chi connectivity index (χ2v) is 7.59. The molecule has 0 bridgehead atoms. The van der Waals surface area contributed by atoms with Crippen LogP contribution in [0.5, 0.6) is 5.75 Å². The largest absolute Gasteiger partial charge is 0.490 e. The number of amides is 1. The van der Waals surface area contributed by atoms with Crippen molar-refractivity contribution in [3.8, 4) is 5.75 Å². The Morgan fingerprint density at radius 3 is 2.77 bits per heavy atom. The van der Waals surface area contributed by atoms with Crippen LogP contribution in [0.3, 0.4) is 0 Å². The van der Waals surface area contributed by atoms with Crippen molar-refractivity contribution in [2.75, 3.05) is 6.54 Å². The Labute approximate surface area is 152 Å². The summed E-state index contributed by atoms with van der Waals surface area (Å²) in [6, 6.07) is 7.46. The summed E-state index contributed by atoms with van der Waals surface area (Å²) in [6.45, 7) is 0.717. The molecule has 6 heteroatoms. The zero-order valence-electron chi connectivity index (χ0n) is 14.8. The molecule has 2 aromatic rings. The second-order valence-electron chi connectivity index (χ2n) is 7.59. The molecule has 26 heavy (non-hydrogen) atoms. The molecule has 1 unspecified atom stereocenters. The van der Waals surface area contributed by atoms with Gasteiger partial charge < -0.3 is 14.2 Å². The van der Waals surface area contributed by atoms with Crippen molar-refractivity contribution in [2.24, 2.45) is 0 Å². The maximum atomic E-state index is 13.3. The van der Waals surface area contributed by atoms with Gasteiger partial charge in [0.2, 0.25) is 5.89 Å². The van der Waals surface area contributed by atoms with E-state index in [9.17, 15) is 4.79 Å². The van der Waals surface area contributed by atoms with Crippen LogP contribution in [0.25, 0.3) is 0 Å². The molecular weight excluding hydrogens is 330 g/mol. The minimum Gasteiger partial charge on any atom is -0.490 e. The van der Waals surface area contributed by atoms with Gasteiger partial charge in [-0.25, -0.2) is 0 Å². The van der Waals surface area contributed by atoms with Gasteiger partial charge in [0.25, 0.3) is 5.91 Å². The molecule has 1 saturated heterocycles. The molecule has 6 nitrogen and oxygen atoms in total. The fraction of sp³-hybridized carbons (Fsp3) is 0.550. The lowest BCUT2D eigenvalue weighted by atomic mass is 10.00. The molecular formula is C20H23N3O3. The van der Waals surface area contributed by atoms with Gasteiger partial charge >= 0.3 is 0 Å². The van der Waals surface area contributed by atoms with Crippen LogP contribution in [0.1, 0.15) is 79.0 Å². The number of hydrogen-bond acceptors (Lipinski definition) is 5. The highest BCUT2D eigenvalue weighted by Crippen LogP contribution is 2.40. The standard InChI is InChI=1S/C20H23N3O3/c24-20(15-5-1-2-7-17(15)25-14-10-11-14)23-12-4-3-6-16(23)18-21-19(26-22-18)13-8-9-13/h1-2,5,7,13-14,16H,3-4,6,8-12H2. The van der Waals surface area contributed by atoms with Crippen LogP contribution in [-0.4, -0.2) is 33.6 Å². The maximum absolute atomic E-state index is 13.3. The van der Waals surface area contributed by atoms with Gasteiger partial charge in [-0.1, -0.05) is 17.3 Å². The first-order chi connectivity index (χ1) is 12.8. The molecule has 0 N–H and O–H groups in total. The Hall–Kier alpha value is -2.37. The fourth-order valence-electron chi connectivity index (χ4n) is 3.59. The first-order valence-corrected chi connectivity index (χ1v) is 9.70. The number of aromatic nitrogens is 2. The van der Waals surface area contributed by atoms with Crippen molar-refractivity contribution in [1.29, 1.82) is 0 Å². The van der Waals surface area contributed by atoms with E-state index >= 15 is 0 Å². The number of carbonyl (C=O) groups is 1. The van der Waals surface area contributed by atoms with Crippen molar-refractivity contribution in [3.05, 3.63) is 41.5 Å². The molecule has 2 saturated carbocycles. The van der Waals surface area contributed by atoms with Crippen LogP contribution >= 0.6 is 0 Å². The summed E-state index contributed by atoms with van der Waals surface area (Å²) in [5.41, 5.74) is 0.636. The summed E-state index contributed by atoms with van der Waals surface area (Å²) < 4.78 is 11.4. The van der Waals surface area contributed by atoms with Gasteiger partial charge in [0.1, 0.15) is 5.75 Å². The SMILES string of the molecule is O=C(c1ccccc1OC1CC1)N1CCCCC1c1noc(C2CC2)n1. The van der Waals surface area contributed by atoms with E-state index in [4.69, 9.17) is 9.26 Å². The van der Waals surface area contributed by atoms with E-state index in [0.717, 1.165) is 50.8 Å². The molecule has 0 spiro atoms. The molecule has 1 aliphatic heterocycles. The van der Waals surface area contributed by atoms with Crippen molar-refractivity contribution >= 4 is 5.91 Å². The molecule has 2 aliphatic carbocycles.